The molecule has 24 heteroatoms. The number of carbonyl (C=O) groups is 12. The van der Waals surface area contributed by atoms with Crippen LogP contribution in [0.2, 0.25) is 5.02 Å². The Morgan fingerprint density at radius 3 is 0.679 bits per heavy atom. The second-order valence-electron chi connectivity index (χ2n) is 36.9. The number of rotatable bonds is 28. The third-order valence-electron chi connectivity index (χ3n) is 26.7. The zero-order valence-corrected chi connectivity index (χ0v) is 82.6. The lowest BCUT2D eigenvalue weighted by atomic mass is 9.68. The van der Waals surface area contributed by atoms with Gasteiger partial charge >= 0.3 is 0 Å². The van der Waals surface area contributed by atoms with Gasteiger partial charge in [-0.05, 0) is 87.3 Å². The summed E-state index contributed by atoms with van der Waals surface area (Å²) in [6.07, 6.45) is 0. The maximum atomic E-state index is 14.3. The number of hydrogen-bond acceptors (Lipinski definition) is 16. The van der Waals surface area contributed by atoms with Crippen molar-refractivity contribution in [3.8, 4) is 0 Å². The summed E-state index contributed by atoms with van der Waals surface area (Å²) in [6, 6.07) is 100. The maximum Gasteiger partial charge on any atom is 0.236 e. The van der Waals surface area contributed by atoms with Crippen LogP contribution >= 0.6 is 34.2 Å². The summed E-state index contributed by atoms with van der Waals surface area (Å²) in [5.74, 6) is -7.53. The number of carbonyl (C=O) groups excluding carboxylic acids is 12. The van der Waals surface area contributed by atoms with Crippen molar-refractivity contribution in [2.75, 3.05) is 135 Å². The van der Waals surface area contributed by atoms with Crippen LogP contribution in [-0.4, -0.2) is 244 Å². The summed E-state index contributed by atoms with van der Waals surface area (Å²) in [5.41, 5.74) is 7.89. The number of halogens is 4. The quantitative estimate of drug-likeness (QED) is 0.0328. The monoisotopic (exact) mass is 2010 g/mol. The van der Waals surface area contributed by atoms with Gasteiger partial charge in [0.15, 0.2) is 46.3 Å². The average Bonchev–Trinajstić information content (AvgIpc) is 0.800. The SMILES string of the molecule is CN(C)C(=O)CN1CC(C(=O)c2ccccc2)C(c2ccc(Cl)cc2)C(C(=O)c2ccccc2)C1.CN(C)C(=O)CN1CC(C(=O)c2ccccc2)C(c2ccc(F)cc2)C(C(=O)c2ccccc2)C1.CN(C)C(=O)CN1CC(C(=O)c2ccccc2)C(c2cccc(F)c2)C(C(=O)c2ccccc2)C1.CN(C)C(=O)CN1CC(C(=O)c2ccccc2)C(c2ccccc2I)C(C(=O)c2ccccc2)C1. The van der Waals surface area contributed by atoms with Crippen LogP contribution < -0.4 is 0 Å². The molecule has 720 valence electrons. The highest BCUT2D eigenvalue weighted by Gasteiger charge is 2.51. The molecule has 4 saturated heterocycles. The lowest BCUT2D eigenvalue weighted by molar-refractivity contribution is -0.131. The Morgan fingerprint density at radius 2 is 0.457 bits per heavy atom. The van der Waals surface area contributed by atoms with Crippen LogP contribution in [0, 0.1) is 62.5 Å². The minimum Gasteiger partial charge on any atom is -0.348 e. The Kier molecular flexibility index (Phi) is 36.7. The van der Waals surface area contributed by atoms with Gasteiger partial charge in [-0.25, -0.2) is 8.78 Å². The van der Waals surface area contributed by atoms with E-state index in [9.17, 15) is 66.3 Å². The molecule has 12 aromatic rings. The van der Waals surface area contributed by atoms with Gasteiger partial charge in [-0.2, -0.15) is 0 Å². The van der Waals surface area contributed by atoms with Crippen LogP contribution in [-0.2, 0) is 19.2 Å². The molecule has 140 heavy (non-hydrogen) atoms. The fraction of sp³-hybridized carbons (Fsp3) is 0.276. The van der Waals surface area contributed by atoms with Gasteiger partial charge in [-0.1, -0.05) is 309 Å². The highest BCUT2D eigenvalue weighted by atomic mass is 127. The van der Waals surface area contributed by atoms with Crippen molar-refractivity contribution in [1.29, 1.82) is 0 Å². The van der Waals surface area contributed by atoms with Crippen LogP contribution in [0.5, 0.6) is 0 Å². The minimum absolute atomic E-state index is 0.00289. The molecule has 0 saturated carbocycles. The normalized spacial score (nSPS) is 20.3. The number of Topliss-reactive ketones (excluding diaryl/α,β-unsaturated/α-hetero) is 8. The lowest BCUT2D eigenvalue weighted by Gasteiger charge is -2.43. The topological polar surface area (TPSA) is 231 Å². The van der Waals surface area contributed by atoms with E-state index in [4.69, 9.17) is 11.6 Å². The number of nitrogens with zero attached hydrogens (tertiary/aromatic N) is 8. The summed E-state index contributed by atoms with van der Waals surface area (Å²) < 4.78 is 29.2. The van der Waals surface area contributed by atoms with Gasteiger partial charge in [0.25, 0.3) is 0 Å². The van der Waals surface area contributed by atoms with Gasteiger partial charge in [0, 0.05) is 233 Å². The number of piperidine rings is 4. The Morgan fingerprint density at radius 1 is 0.250 bits per heavy atom. The molecule has 20 nitrogen and oxygen atoms in total. The van der Waals surface area contributed by atoms with Crippen molar-refractivity contribution >= 4 is 104 Å². The zero-order valence-electron chi connectivity index (χ0n) is 79.7. The van der Waals surface area contributed by atoms with Crippen LogP contribution in [0.4, 0.5) is 8.78 Å². The molecule has 4 aliphatic rings. The Hall–Kier alpha value is -13.4. The number of ketones is 8. The molecule has 4 fully saturated rings. The van der Waals surface area contributed by atoms with Crippen LogP contribution in [0.1, 0.15) is 129 Å². The molecule has 8 atom stereocenters. The van der Waals surface area contributed by atoms with E-state index in [-0.39, 0.29) is 114 Å². The van der Waals surface area contributed by atoms with E-state index in [1.54, 1.807) is 195 Å². The molecule has 0 aromatic heterocycles. The van der Waals surface area contributed by atoms with Crippen molar-refractivity contribution in [3.63, 3.8) is 0 Å². The highest BCUT2D eigenvalue weighted by molar-refractivity contribution is 14.1. The zero-order chi connectivity index (χ0) is 99.8. The van der Waals surface area contributed by atoms with E-state index in [1.165, 1.54) is 39.0 Å². The molecule has 4 aliphatic heterocycles. The molecule has 4 amide bonds. The summed E-state index contributed by atoms with van der Waals surface area (Å²) in [5, 5.41) is 0.597. The number of likely N-dealkylation sites (tertiary alicyclic amines) is 4. The lowest BCUT2D eigenvalue weighted by Crippen LogP contribution is -2.52. The van der Waals surface area contributed by atoms with Gasteiger partial charge in [-0.15, -0.1) is 0 Å². The molecule has 8 unspecified atom stereocenters. The van der Waals surface area contributed by atoms with Gasteiger partial charge < -0.3 is 19.6 Å². The first kappa shape index (κ1) is 104. The molecular weight excluding hydrogens is 1900 g/mol. The van der Waals surface area contributed by atoms with Gasteiger partial charge in [0.1, 0.15) is 11.6 Å². The van der Waals surface area contributed by atoms with Crippen molar-refractivity contribution in [3.05, 3.63) is 427 Å². The van der Waals surface area contributed by atoms with Crippen molar-refractivity contribution in [2.24, 2.45) is 47.3 Å². The van der Waals surface area contributed by atoms with Crippen LogP contribution in [0.3, 0.4) is 0 Å². The highest BCUT2D eigenvalue weighted by Crippen LogP contribution is 2.47. The minimum atomic E-state index is -0.624. The van der Waals surface area contributed by atoms with Crippen molar-refractivity contribution < 1.29 is 66.3 Å². The number of benzene rings is 12. The molecule has 4 heterocycles. The van der Waals surface area contributed by atoms with Gasteiger partial charge in [-0.3, -0.25) is 77.1 Å². The van der Waals surface area contributed by atoms with E-state index in [0.29, 0.717) is 107 Å². The number of hydrogen-bond donors (Lipinski definition) is 0. The smallest absolute Gasteiger partial charge is 0.236 e. The summed E-state index contributed by atoms with van der Waals surface area (Å²) in [7, 11) is 13.6. The number of likely N-dealkylation sites (N-methyl/N-ethyl adjacent to an activating group) is 4. The number of amides is 4. The first-order valence-electron chi connectivity index (χ1n) is 46.9. The molecular formula is C116H116ClF2IN8O12. The fourth-order valence-corrected chi connectivity index (χ4v) is 20.4. The predicted molar refractivity (Wildman–Crippen MR) is 549 cm³/mol. The van der Waals surface area contributed by atoms with E-state index >= 15 is 0 Å². The standard InChI is InChI=1S/C29H29ClN2O3.2C29H29FN2O3.C29H29IN2O3/c1-31(2)26(33)19-32-17-24(28(34)21-9-5-3-6-10-21)27(20-13-15-23(30)16-14-20)25(18-32)29(35)22-11-7-4-8-12-22;1-31(2)26(33)19-32-17-24(28(34)20-10-5-3-6-11-20)27(22-14-9-15-23(30)16-22)25(18-32)29(35)21-12-7-4-8-13-21;1-31(2)26(33)19-32-17-24(28(34)21-9-5-3-6-10-21)27(20-13-15-23(30)16-14-20)25(18-32)29(35)22-11-7-4-8-12-22;1-31(2)26(33)19-32-17-23(28(34)20-11-5-3-6-12-20)27(22-15-9-10-16-25(22)30)24(18-32)29(35)21-13-7-4-8-14-21/h3*3-16,24-25,27H,17-19H2,1-2H3;3-16,23-24,27H,17-19H2,1-2H3. The van der Waals surface area contributed by atoms with Crippen LogP contribution in [0.15, 0.2) is 340 Å². The van der Waals surface area contributed by atoms with Crippen LogP contribution in [0.25, 0.3) is 0 Å². The molecule has 0 bridgehead atoms. The second kappa shape index (κ2) is 49.4. The third kappa shape index (κ3) is 26.6. The average molecular weight is 2010 g/mol. The first-order chi connectivity index (χ1) is 67.4. The second-order valence-corrected chi connectivity index (χ2v) is 38.5. The summed E-state index contributed by atoms with van der Waals surface area (Å²) in [6.45, 7) is 3.39. The predicted octanol–water partition coefficient (Wildman–Crippen LogP) is 18.2. The van der Waals surface area contributed by atoms with Gasteiger partial charge in [0.05, 0.1) is 26.2 Å². The molecule has 0 N–H and O–H groups in total. The van der Waals surface area contributed by atoms with E-state index in [1.807, 2.05) is 202 Å². The van der Waals surface area contributed by atoms with Crippen molar-refractivity contribution in [1.82, 2.24) is 39.2 Å². The molecule has 12 aromatic carbocycles. The Bertz CT molecular complexity index is 5850. The Balaban J connectivity index is 0.000000157. The van der Waals surface area contributed by atoms with E-state index in [2.05, 4.69) is 22.6 Å². The Labute approximate surface area is 836 Å². The van der Waals surface area contributed by atoms with E-state index < -0.39 is 65.0 Å². The maximum absolute atomic E-state index is 14.3. The van der Waals surface area contributed by atoms with E-state index in [0.717, 1.165) is 20.3 Å². The molecule has 0 radical (unpaired) electrons. The fourth-order valence-electron chi connectivity index (χ4n) is 19.6. The molecule has 0 spiro atoms. The van der Waals surface area contributed by atoms with Gasteiger partial charge in [0.2, 0.25) is 23.6 Å². The summed E-state index contributed by atoms with van der Waals surface area (Å²) >= 11 is 8.46. The third-order valence-corrected chi connectivity index (χ3v) is 27.9. The molecule has 0 aliphatic carbocycles. The summed E-state index contributed by atoms with van der Waals surface area (Å²) in [4.78, 5) is 175. The first-order valence-corrected chi connectivity index (χ1v) is 48.3. The van der Waals surface area contributed by atoms with Crippen molar-refractivity contribution in [2.45, 2.75) is 23.7 Å². The largest absolute Gasteiger partial charge is 0.348 e. The molecule has 16 rings (SSSR count).